The standard InChI is InChI=1S/C14H22FNO2/c1-10(2)17-8-9-18-14-12(11(3)16-4)6-5-7-13(14)15/h5-7,10-11,16H,8-9H2,1-4H3. The van der Waals surface area contributed by atoms with Crippen LogP contribution >= 0.6 is 0 Å². The van der Waals surface area contributed by atoms with Gasteiger partial charge < -0.3 is 14.8 Å². The predicted octanol–water partition coefficient (Wildman–Crippen LogP) is 2.91. The van der Waals surface area contributed by atoms with E-state index < -0.39 is 0 Å². The van der Waals surface area contributed by atoms with E-state index in [1.54, 1.807) is 6.07 Å². The Morgan fingerprint density at radius 2 is 1.94 bits per heavy atom. The summed E-state index contributed by atoms with van der Waals surface area (Å²) in [7, 11) is 1.83. The molecule has 0 heterocycles. The summed E-state index contributed by atoms with van der Waals surface area (Å²) in [6, 6.07) is 5.00. The van der Waals surface area contributed by atoms with Crippen LogP contribution in [0, 0.1) is 5.82 Å². The average Bonchev–Trinajstić information content (AvgIpc) is 2.34. The van der Waals surface area contributed by atoms with Gasteiger partial charge in [0.15, 0.2) is 11.6 Å². The van der Waals surface area contributed by atoms with E-state index in [1.165, 1.54) is 6.07 Å². The van der Waals surface area contributed by atoms with Crippen molar-refractivity contribution >= 4 is 0 Å². The van der Waals surface area contributed by atoms with Gasteiger partial charge in [-0.15, -0.1) is 0 Å². The first kappa shape index (κ1) is 14.9. The van der Waals surface area contributed by atoms with Gasteiger partial charge in [-0.3, -0.25) is 0 Å². The van der Waals surface area contributed by atoms with E-state index in [9.17, 15) is 4.39 Å². The number of hydrogen-bond donors (Lipinski definition) is 1. The fraction of sp³-hybridized carbons (Fsp3) is 0.571. The topological polar surface area (TPSA) is 30.5 Å². The molecule has 0 saturated carbocycles. The molecule has 0 amide bonds. The lowest BCUT2D eigenvalue weighted by atomic mass is 10.1. The Morgan fingerprint density at radius 3 is 2.56 bits per heavy atom. The molecule has 0 fully saturated rings. The molecule has 0 saturated heterocycles. The highest BCUT2D eigenvalue weighted by molar-refractivity contribution is 5.37. The zero-order valence-electron chi connectivity index (χ0n) is 11.5. The summed E-state index contributed by atoms with van der Waals surface area (Å²) in [6.07, 6.45) is 0.157. The SMILES string of the molecule is CNC(C)c1cccc(F)c1OCCOC(C)C. The highest BCUT2D eigenvalue weighted by Gasteiger charge is 2.14. The van der Waals surface area contributed by atoms with Gasteiger partial charge in [-0.05, 0) is 33.9 Å². The van der Waals surface area contributed by atoms with E-state index in [4.69, 9.17) is 9.47 Å². The predicted molar refractivity (Wildman–Crippen MR) is 70.5 cm³/mol. The van der Waals surface area contributed by atoms with Crippen LogP contribution < -0.4 is 10.1 Å². The van der Waals surface area contributed by atoms with Crippen LogP contribution in [0.3, 0.4) is 0 Å². The maximum atomic E-state index is 13.7. The second-order valence-corrected chi connectivity index (χ2v) is 4.44. The van der Waals surface area contributed by atoms with Crippen molar-refractivity contribution < 1.29 is 13.9 Å². The van der Waals surface area contributed by atoms with Crippen LogP contribution in [-0.4, -0.2) is 26.4 Å². The first-order valence-electron chi connectivity index (χ1n) is 6.26. The van der Waals surface area contributed by atoms with Crippen molar-refractivity contribution in [1.29, 1.82) is 0 Å². The average molecular weight is 255 g/mol. The van der Waals surface area contributed by atoms with E-state index in [-0.39, 0.29) is 18.0 Å². The first-order chi connectivity index (χ1) is 8.56. The third kappa shape index (κ3) is 4.27. The van der Waals surface area contributed by atoms with Crippen LogP contribution in [0.1, 0.15) is 32.4 Å². The number of rotatable bonds is 7. The van der Waals surface area contributed by atoms with Gasteiger partial charge in [0.05, 0.1) is 12.7 Å². The Kier molecular flexibility index (Phi) is 6.09. The van der Waals surface area contributed by atoms with Crippen LogP contribution in [0.25, 0.3) is 0 Å². The molecule has 0 bridgehead atoms. The molecule has 1 aromatic rings. The molecular formula is C14H22FNO2. The van der Waals surface area contributed by atoms with Crippen LogP contribution in [-0.2, 0) is 4.74 Å². The van der Waals surface area contributed by atoms with Gasteiger partial charge in [0.2, 0.25) is 0 Å². The van der Waals surface area contributed by atoms with Gasteiger partial charge >= 0.3 is 0 Å². The Morgan fingerprint density at radius 1 is 1.22 bits per heavy atom. The lowest BCUT2D eigenvalue weighted by Gasteiger charge is -2.17. The molecule has 0 aliphatic carbocycles. The number of benzene rings is 1. The summed E-state index contributed by atoms with van der Waals surface area (Å²) in [4.78, 5) is 0. The zero-order chi connectivity index (χ0) is 13.5. The Bertz CT molecular complexity index is 369. The van der Waals surface area contributed by atoms with E-state index in [0.29, 0.717) is 19.0 Å². The van der Waals surface area contributed by atoms with Crippen molar-refractivity contribution in [3.05, 3.63) is 29.6 Å². The molecule has 0 aliphatic heterocycles. The summed E-state index contributed by atoms with van der Waals surface area (Å²) in [5, 5.41) is 3.08. The Labute approximate surface area is 108 Å². The Hall–Kier alpha value is -1.13. The number of para-hydroxylation sites is 1. The summed E-state index contributed by atoms with van der Waals surface area (Å²) >= 11 is 0. The first-order valence-corrected chi connectivity index (χ1v) is 6.26. The molecule has 3 nitrogen and oxygen atoms in total. The molecule has 1 rings (SSSR count). The summed E-state index contributed by atoms with van der Waals surface area (Å²) in [5.41, 5.74) is 0.821. The zero-order valence-corrected chi connectivity index (χ0v) is 11.5. The number of ether oxygens (including phenoxy) is 2. The van der Waals surface area contributed by atoms with Gasteiger partial charge in [-0.1, -0.05) is 12.1 Å². The minimum absolute atomic E-state index is 0.0433. The van der Waals surface area contributed by atoms with Crippen molar-refractivity contribution in [2.24, 2.45) is 0 Å². The van der Waals surface area contributed by atoms with Crippen molar-refractivity contribution in [2.45, 2.75) is 32.9 Å². The van der Waals surface area contributed by atoms with Crippen molar-refractivity contribution in [1.82, 2.24) is 5.32 Å². The highest BCUT2D eigenvalue weighted by Crippen LogP contribution is 2.27. The van der Waals surface area contributed by atoms with Gasteiger partial charge in [0.1, 0.15) is 6.61 Å². The van der Waals surface area contributed by atoms with Gasteiger partial charge in [0.25, 0.3) is 0 Å². The van der Waals surface area contributed by atoms with Gasteiger partial charge in [0, 0.05) is 11.6 Å². The van der Waals surface area contributed by atoms with Crippen LogP contribution in [0.15, 0.2) is 18.2 Å². The lowest BCUT2D eigenvalue weighted by Crippen LogP contribution is -2.16. The number of hydrogen-bond acceptors (Lipinski definition) is 3. The fourth-order valence-electron chi connectivity index (χ4n) is 1.60. The third-order valence-electron chi connectivity index (χ3n) is 2.68. The largest absolute Gasteiger partial charge is 0.488 e. The molecule has 18 heavy (non-hydrogen) atoms. The third-order valence-corrected chi connectivity index (χ3v) is 2.68. The minimum atomic E-state index is -0.334. The summed E-state index contributed by atoms with van der Waals surface area (Å²) < 4.78 is 24.6. The van der Waals surface area contributed by atoms with Crippen LogP contribution in [0.4, 0.5) is 4.39 Å². The molecule has 0 radical (unpaired) electrons. The maximum absolute atomic E-state index is 13.7. The molecule has 1 unspecified atom stereocenters. The Balaban J connectivity index is 2.68. The second kappa shape index (κ2) is 7.34. The van der Waals surface area contributed by atoms with Crippen molar-refractivity contribution in [3.8, 4) is 5.75 Å². The normalized spacial score (nSPS) is 12.8. The highest BCUT2D eigenvalue weighted by atomic mass is 19.1. The smallest absolute Gasteiger partial charge is 0.165 e. The van der Waals surface area contributed by atoms with E-state index >= 15 is 0 Å². The lowest BCUT2D eigenvalue weighted by molar-refractivity contribution is 0.0541. The van der Waals surface area contributed by atoms with Crippen molar-refractivity contribution in [2.75, 3.05) is 20.3 Å². The molecular weight excluding hydrogens is 233 g/mol. The number of nitrogens with one attached hydrogen (secondary N) is 1. The van der Waals surface area contributed by atoms with Crippen LogP contribution in [0.5, 0.6) is 5.75 Å². The molecule has 1 aromatic carbocycles. The summed E-state index contributed by atoms with van der Waals surface area (Å²) in [5.74, 6) is -0.0224. The van der Waals surface area contributed by atoms with E-state index in [0.717, 1.165) is 5.56 Å². The molecule has 1 N–H and O–H groups in total. The van der Waals surface area contributed by atoms with E-state index in [1.807, 2.05) is 33.9 Å². The molecule has 1 atom stereocenters. The molecule has 0 spiro atoms. The van der Waals surface area contributed by atoms with Gasteiger partial charge in [-0.2, -0.15) is 0 Å². The monoisotopic (exact) mass is 255 g/mol. The quantitative estimate of drug-likeness (QED) is 0.760. The maximum Gasteiger partial charge on any atom is 0.165 e. The summed E-state index contributed by atoms with van der Waals surface area (Å²) in [6.45, 7) is 6.68. The fourth-order valence-corrected chi connectivity index (χ4v) is 1.60. The molecule has 4 heteroatoms. The van der Waals surface area contributed by atoms with Gasteiger partial charge in [-0.25, -0.2) is 4.39 Å². The molecule has 102 valence electrons. The molecule has 0 aliphatic rings. The molecule has 0 aromatic heterocycles. The van der Waals surface area contributed by atoms with E-state index in [2.05, 4.69) is 5.32 Å². The minimum Gasteiger partial charge on any atom is -0.488 e. The second-order valence-electron chi connectivity index (χ2n) is 4.44. The van der Waals surface area contributed by atoms with Crippen LogP contribution in [0.2, 0.25) is 0 Å². The van der Waals surface area contributed by atoms with Crippen molar-refractivity contribution in [3.63, 3.8) is 0 Å². The number of halogens is 1.